The van der Waals surface area contributed by atoms with Crippen LogP contribution in [0.1, 0.15) is 16.7 Å². The summed E-state index contributed by atoms with van der Waals surface area (Å²) in [5, 5.41) is 10.3. The number of rotatable bonds is 3. The highest BCUT2D eigenvalue weighted by Gasteiger charge is 2.15. The van der Waals surface area contributed by atoms with Gasteiger partial charge in [0.25, 0.3) is 5.56 Å². The molecule has 0 bridgehead atoms. The van der Waals surface area contributed by atoms with E-state index in [2.05, 4.69) is 22.6 Å². The summed E-state index contributed by atoms with van der Waals surface area (Å²) in [4.78, 5) is 12.7. The lowest BCUT2D eigenvalue weighted by molar-refractivity contribution is 0.626. The van der Waals surface area contributed by atoms with Gasteiger partial charge in [0.05, 0.1) is 12.1 Å². The lowest BCUT2D eigenvalue weighted by atomic mass is 10.0. The number of nitriles is 1. The molecule has 0 saturated heterocycles. The molecule has 0 radical (unpaired) electrons. The van der Waals surface area contributed by atoms with E-state index in [1.165, 1.54) is 12.1 Å². The van der Waals surface area contributed by atoms with Crippen LogP contribution in [0.3, 0.4) is 0 Å². The molecule has 0 N–H and O–H groups in total. The van der Waals surface area contributed by atoms with Crippen molar-refractivity contribution in [2.24, 2.45) is 0 Å². The highest BCUT2D eigenvalue weighted by atomic mass is 127. The number of benzene rings is 2. The second-order valence-corrected chi connectivity index (χ2v) is 5.90. The van der Waals surface area contributed by atoms with Gasteiger partial charge in [-0.05, 0) is 29.3 Å². The molecule has 0 fully saturated rings. The van der Waals surface area contributed by atoms with Gasteiger partial charge in [-0.1, -0.05) is 52.9 Å². The van der Waals surface area contributed by atoms with Crippen molar-refractivity contribution in [1.29, 1.82) is 5.26 Å². The molecule has 0 atom stereocenters. The molecule has 1 heterocycles. The Hall–Kier alpha value is -2.20. The molecule has 0 saturated carbocycles. The van der Waals surface area contributed by atoms with Crippen LogP contribution in [0.2, 0.25) is 0 Å². The Labute approximate surface area is 146 Å². The molecule has 1 aromatic heterocycles. The first-order chi connectivity index (χ1) is 11.2. The van der Waals surface area contributed by atoms with Crippen LogP contribution in [0.5, 0.6) is 0 Å². The Morgan fingerprint density at radius 1 is 1.13 bits per heavy atom. The van der Waals surface area contributed by atoms with Crippen molar-refractivity contribution >= 4 is 33.5 Å². The predicted molar refractivity (Wildman–Crippen MR) is 96.1 cm³/mol. The molecule has 0 amide bonds. The Morgan fingerprint density at radius 2 is 1.83 bits per heavy atom. The molecule has 0 unspecified atom stereocenters. The standard InChI is InChI=1S/C18H12FIN2O/c19-13-7-5-12(6-8-13)11-22-17-4-2-1-3-14(17)15(9-20)16(10-21)18(22)23/h1-8H,9,11H2. The first kappa shape index (κ1) is 15.7. The Kier molecular flexibility index (Phi) is 4.44. The summed E-state index contributed by atoms with van der Waals surface area (Å²) in [6.07, 6.45) is 0. The van der Waals surface area contributed by atoms with Crippen LogP contribution in [0.4, 0.5) is 4.39 Å². The zero-order valence-corrected chi connectivity index (χ0v) is 14.2. The number of para-hydroxylation sites is 1. The molecule has 3 aromatic rings. The van der Waals surface area contributed by atoms with Crippen LogP contribution < -0.4 is 5.56 Å². The van der Waals surface area contributed by atoms with Crippen LogP contribution in [0.25, 0.3) is 10.9 Å². The lowest BCUT2D eigenvalue weighted by Crippen LogP contribution is -2.25. The third kappa shape index (κ3) is 2.86. The molecule has 5 heteroatoms. The third-order valence-electron chi connectivity index (χ3n) is 3.78. The Bertz CT molecular complexity index is 971. The quantitative estimate of drug-likeness (QED) is 0.477. The van der Waals surface area contributed by atoms with E-state index in [4.69, 9.17) is 0 Å². The summed E-state index contributed by atoms with van der Waals surface area (Å²) in [5.41, 5.74) is 2.24. The van der Waals surface area contributed by atoms with Gasteiger partial charge in [0.1, 0.15) is 17.4 Å². The number of nitrogens with zero attached hydrogens (tertiary/aromatic N) is 2. The average Bonchev–Trinajstić information content (AvgIpc) is 2.58. The fourth-order valence-electron chi connectivity index (χ4n) is 2.66. The van der Waals surface area contributed by atoms with Crippen LogP contribution in [-0.2, 0) is 11.0 Å². The largest absolute Gasteiger partial charge is 0.303 e. The summed E-state index contributed by atoms with van der Waals surface area (Å²) < 4.78 is 15.2. The van der Waals surface area contributed by atoms with Crippen LogP contribution >= 0.6 is 22.6 Å². The molecule has 3 nitrogen and oxygen atoms in total. The summed E-state index contributed by atoms with van der Waals surface area (Å²) in [6, 6.07) is 15.6. The van der Waals surface area contributed by atoms with Crippen LogP contribution in [-0.4, -0.2) is 4.57 Å². The first-order valence-electron chi connectivity index (χ1n) is 7.00. The van der Waals surface area contributed by atoms with Gasteiger partial charge in [-0.15, -0.1) is 0 Å². The fraction of sp³-hybridized carbons (Fsp3) is 0.111. The van der Waals surface area contributed by atoms with E-state index in [9.17, 15) is 14.4 Å². The molecule has 114 valence electrons. The van der Waals surface area contributed by atoms with E-state index >= 15 is 0 Å². The zero-order chi connectivity index (χ0) is 16.4. The second-order valence-electron chi connectivity index (χ2n) is 5.13. The van der Waals surface area contributed by atoms with Gasteiger partial charge in [-0.2, -0.15) is 5.26 Å². The number of pyridine rings is 1. The summed E-state index contributed by atoms with van der Waals surface area (Å²) >= 11 is 2.17. The van der Waals surface area contributed by atoms with Gasteiger partial charge < -0.3 is 4.57 Å². The van der Waals surface area contributed by atoms with Gasteiger partial charge in [0.15, 0.2) is 0 Å². The van der Waals surface area contributed by atoms with Crippen molar-refractivity contribution in [3.63, 3.8) is 0 Å². The maximum absolute atomic E-state index is 13.1. The SMILES string of the molecule is N#Cc1c(CI)c2ccccc2n(Cc2ccc(F)cc2)c1=O. The second kappa shape index (κ2) is 6.50. The van der Waals surface area contributed by atoms with Gasteiger partial charge >= 0.3 is 0 Å². The normalized spacial score (nSPS) is 10.7. The maximum atomic E-state index is 13.1. The molecule has 0 spiro atoms. The minimum Gasteiger partial charge on any atom is -0.303 e. The zero-order valence-electron chi connectivity index (χ0n) is 12.1. The van der Waals surface area contributed by atoms with Gasteiger partial charge in [0.2, 0.25) is 0 Å². The topological polar surface area (TPSA) is 45.8 Å². The molecule has 0 aliphatic heterocycles. The number of fused-ring (bicyclic) bond motifs is 1. The molecule has 2 aromatic carbocycles. The highest BCUT2D eigenvalue weighted by Crippen LogP contribution is 2.23. The molecule has 0 aliphatic carbocycles. The van der Waals surface area contributed by atoms with E-state index in [0.717, 1.165) is 22.0 Å². The molecular weight excluding hydrogens is 406 g/mol. The van der Waals surface area contributed by atoms with Crippen molar-refractivity contribution < 1.29 is 4.39 Å². The van der Waals surface area contributed by atoms with E-state index in [0.29, 0.717) is 11.0 Å². The Balaban J connectivity index is 2.28. The summed E-state index contributed by atoms with van der Waals surface area (Å²) in [7, 11) is 0. The monoisotopic (exact) mass is 418 g/mol. The van der Waals surface area contributed by atoms with Crippen molar-refractivity contribution in [3.8, 4) is 6.07 Å². The lowest BCUT2D eigenvalue weighted by Gasteiger charge is -2.14. The Morgan fingerprint density at radius 3 is 2.48 bits per heavy atom. The van der Waals surface area contributed by atoms with E-state index in [1.807, 2.05) is 30.3 Å². The summed E-state index contributed by atoms with van der Waals surface area (Å²) in [6.45, 7) is 0.301. The molecule has 3 rings (SSSR count). The van der Waals surface area contributed by atoms with E-state index < -0.39 is 0 Å². The maximum Gasteiger partial charge on any atom is 0.269 e. The van der Waals surface area contributed by atoms with Gasteiger partial charge in [0, 0.05) is 9.81 Å². The number of alkyl halides is 1. The molecule has 23 heavy (non-hydrogen) atoms. The predicted octanol–water partition coefficient (Wildman–Crippen LogP) is 4.00. The fourth-order valence-corrected chi connectivity index (χ4v) is 3.45. The average molecular weight is 418 g/mol. The van der Waals surface area contributed by atoms with Crippen molar-refractivity contribution in [2.45, 2.75) is 11.0 Å². The van der Waals surface area contributed by atoms with Gasteiger partial charge in [-0.3, -0.25) is 4.79 Å². The number of aromatic nitrogens is 1. The third-order valence-corrected chi connectivity index (χ3v) is 4.54. The minimum absolute atomic E-state index is 0.181. The van der Waals surface area contributed by atoms with E-state index in [1.54, 1.807) is 16.7 Å². The summed E-state index contributed by atoms with van der Waals surface area (Å²) in [5.74, 6) is -0.316. The number of halogens is 2. The van der Waals surface area contributed by atoms with Crippen molar-refractivity contribution in [1.82, 2.24) is 4.57 Å². The first-order valence-corrected chi connectivity index (χ1v) is 8.53. The molecular formula is C18H12FIN2O. The van der Waals surface area contributed by atoms with E-state index in [-0.39, 0.29) is 16.9 Å². The smallest absolute Gasteiger partial charge is 0.269 e. The van der Waals surface area contributed by atoms with Crippen LogP contribution in [0, 0.1) is 17.1 Å². The minimum atomic E-state index is -0.316. The number of hydrogen-bond donors (Lipinski definition) is 0. The van der Waals surface area contributed by atoms with Gasteiger partial charge in [-0.25, -0.2) is 4.39 Å². The van der Waals surface area contributed by atoms with Crippen LogP contribution in [0.15, 0.2) is 53.3 Å². The molecule has 0 aliphatic rings. The highest BCUT2D eigenvalue weighted by molar-refractivity contribution is 14.1. The van der Waals surface area contributed by atoms with Crippen molar-refractivity contribution in [3.05, 3.63) is 81.4 Å². The van der Waals surface area contributed by atoms with Crippen molar-refractivity contribution in [2.75, 3.05) is 0 Å². The number of hydrogen-bond acceptors (Lipinski definition) is 2.